The Hall–Kier alpha value is -16.1. The van der Waals surface area contributed by atoms with Crippen LogP contribution in [-0.2, 0) is 10.8 Å². The van der Waals surface area contributed by atoms with Crippen LogP contribution in [0.2, 0.25) is 0 Å². The van der Waals surface area contributed by atoms with Crippen LogP contribution in [0.1, 0.15) is 76.0 Å². The number of rotatable bonds is 12. The minimum Gasteiger partial charge on any atom is -0.310 e. The second kappa shape index (κ2) is 30.3. The van der Waals surface area contributed by atoms with Gasteiger partial charge in [0.15, 0.2) is 0 Å². The summed E-state index contributed by atoms with van der Waals surface area (Å²) in [4.78, 5) is 4.52. The molecule has 0 aliphatic carbocycles. The average Bonchev–Trinajstić information content (AvgIpc) is 1.08. The Morgan fingerprint density at radius 2 is 0.580 bits per heavy atom. The minimum absolute atomic E-state index is 0.0115. The number of hydrogen-bond acceptors (Lipinski definition) is 2. The van der Waals surface area contributed by atoms with Gasteiger partial charge in [0.1, 0.15) is 0 Å². The molecular weight excluding hydrogens is 1580 g/mol. The standard InChI is InChI=1S/C126H91BN4/c1-125(2,3)92-74-108(82-38-15-9-16-39-82)124(109(75-92)83-40-17-10-18-41-83)131-119-79-95(129-115-59-30-28-55-103(115)105-65-61-89(73-117(105)129)87-47-32-45-85(69-87)81-36-13-8-14-37-81)63-67-113(119)127-112-66-62-94(128-114-58-29-27-54-102(114)104-64-60-88(72-116(104)128)86-46-31-44-84(68-86)80-34-11-7-12-35-80)78-118(112)130(120-76-93(126(4,5)6)77-121(131)122(120)127)123-106(110-70-90-42-19-21-48-96(90)98-50-23-25-52-100(98)110)56-33-57-107(123)111-71-91-43-20-22-49-97(91)99-51-24-26-53-101(99)111/h7-79H,1-6H3/i27D,28D,29D,30D,33D,54D,55D,56D,57D,58D,59D,60D,61D,64D,65D,72D,73D. The fourth-order valence-electron chi connectivity index (χ4n) is 20.5. The van der Waals surface area contributed by atoms with Crippen LogP contribution in [0, 0.1) is 0 Å². The molecule has 2 aromatic heterocycles. The van der Waals surface area contributed by atoms with Crippen molar-refractivity contribution in [2.75, 3.05) is 9.80 Å². The summed E-state index contributed by atoms with van der Waals surface area (Å²) in [6, 6.07) is 106. The monoisotopic (exact) mass is 1690 g/mol. The lowest BCUT2D eigenvalue weighted by Gasteiger charge is -2.46. The fraction of sp³-hybridized carbons (Fsp3) is 0.0635. The third-order valence-corrected chi connectivity index (χ3v) is 26.8. The summed E-state index contributed by atoms with van der Waals surface area (Å²) in [5.74, 6) is 0. The number of anilines is 6. The van der Waals surface area contributed by atoms with Crippen LogP contribution < -0.4 is 26.2 Å². The summed E-state index contributed by atoms with van der Waals surface area (Å²) in [7, 11) is 0. The highest BCUT2D eigenvalue weighted by Crippen LogP contribution is 2.57. The molecule has 0 atom stereocenters. The van der Waals surface area contributed by atoms with Gasteiger partial charge in [-0.15, -0.1) is 0 Å². The van der Waals surface area contributed by atoms with Gasteiger partial charge in [-0.1, -0.05) is 387 Å². The Morgan fingerprint density at radius 1 is 0.229 bits per heavy atom. The van der Waals surface area contributed by atoms with E-state index in [1.807, 2.05) is 237 Å². The van der Waals surface area contributed by atoms with Crippen LogP contribution in [0.25, 0.3) is 187 Å². The smallest absolute Gasteiger partial charge is 0.252 e. The van der Waals surface area contributed by atoms with Crippen LogP contribution >= 0.6 is 0 Å². The van der Waals surface area contributed by atoms with Crippen molar-refractivity contribution in [2.24, 2.45) is 0 Å². The van der Waals surface area contributed by atoms with E-state index in [1.54, 1.807) is 15.2 Å². The van der Waals surface area contributed by atoms with Crippen LogP contribution in [0.4, 0.5) is 34.1 Å². The van der Waals surface area contributed by atoms with Crippen molar-refractivity contribution < 1.29 is 23.3 Å². The van der Waals surface area contributed by atoms with E-state index >= 15 is 0 Å². The summed E-state index contributed by atoms with van der Waals surface area (Å²) in [6.07, 6.45) is 0. The van der Waals surface area contributed by atoms with Gasteiger partial charge in [-0.05, 0) is 245 Å². The average molecular weight is 1690 g/mol. The number of para-hydroxylation sites is 3. The lowest BCUT2D eigenvalue weighted by molar-refractivity contribution is 0.590. The summed E-state index contributed by atoms with van der Waals surface area (Å²) in [5.41, 5.74) is 15.6. The lowest BCUT2D eigenvalue weighted by Crippen LogP contribution is -2.61. The van der Waals surface area contributed by atoms with E-state index in [2.05, 4.69) is 148 Å². The summed E-state index contributed by atoms with van der Waals surface area (Å²) < 4.78 is 180. The highest BCUT2D eigenvalue weighted by molar-refractivity contribution is 7.00. The van der Waals surface area contributed by atoms with Crippen molar-refractivity contribution in [3.63, 3.8) is 0 Å². The zero-order valence-electron chi connectivity index (χ0n) is 89.7. The van der Waals surface area contributed by atoms with Gasteiger partial charge in [0.2, 0.25) is 0 Å². The molecule has 4 nitrogen and oxygen atoms in total. The number of benzene rings is 21. The topological polar surface area (TPSA) is 16.3 Å². The third kappa shape index (κ3) is 12.6. The summed E-state index contributed by atoms with van der Waals surface area (Å²) >= 11 is 0. The molecule has 0 N–H and O–H groups in total. The van der Waals surface area contributed by atoms with E-state index in [0.29, 0.717) is 73.0 Å². The predicted molar refractivity (Wildman–Crippen MR) is 560 cm³/mol. The Kier molecular flexibility index (Phi) is 14.2. The molecule has 0 amide bonds. The molecule has 0 bridgehead atoms. The first kappa shape index (κ1) is 61.4. The molecule has 4 heterocycles. The van der Waals surface area contributed by atoms with Gasteiger partial charge in [-0.25, -0.2) is 0 Å². The van der Waals surface area contributed by atoms with Crippen LogP contribution in [0.3, 0.4) is 0 Å². The molecule has 0 unspecified atom stereocenters. The van der Waals surface area contributed by atoms with Gasteiger partial charge in [-0.3, -0.25) is 0 Å². The molecular formula is C126H91BN4. The molecule has 618 valence electrons. The number of aromatic nitrogens is 2. The highest BCUT2D eigenvalue weighted by Gasteiger charge is 2.47. The largest absolute Gasteiger partial charge is 0.310 e. The zero-order valence-corrected chi connectivity index (χ0v) is 72.7. The Bertz CT molecular complexity index is 9530. The van der Waals surface area contributed by atoms with Crippen LogP contribution in [-0.4, -0.2) is 15.8 Å². The van der Waals surface area contributed by atoms with Gasteiger partial charge in [0, 0.05) is 77.9 Å². The maximum Gasteiger partial charge on any atom is 0.252 e. The van der Waals surface area contributed by atoms with Crippen molar-refractivity contribution in [1.29, 1.82) is 0 Å². The summed E-state index contributed by atoms with van der Waals surface area (Å²) in [5, 5.41) is 6.51. The first-order valence-corrected chi connectivity index (χ1v) is 44.6. The molecule has 23 aromatic rings. The fourth-order valence-corrected chi connectivity index (χ4v) is 20.5. The SMILES string of the molecule is [2H]c1c([2H])c(-c2cc3ccccc3c3ccccc23)c(N2c3cc(-n4c5c([2H])c([2H])c([2H])c([2H])c5c5c([2H])c([2H])c(-c6cccc(-c7ccccc7)c6)c([2H])c54)ccc3B3c4ccc(-n5c6c([2H])c([2H])c([2H])c([2H])c6c6c([2H])c([2H])c(-c7cccc(-c8ccccc8)c7)c([2H])c65)cc4N(c4c(-c5ccccc5)cc(C(C)(C)C)cc4-c4ccccc4)c4cc(C(C)(C)C)cc2c43)c(-c2cc3ccccc3c3ccccc23)c1[2H]. The van der Waals surface area contributed by atoms with Crippen molar-refractivity contribution >= 4 is 144 Å². The van der Waals surface area contributed by atoms with E-state index in [9.17, 15) is 23.3 Å². The molecule has 0 saturated heterocycles. The number of nitrogens with zero attached hydrogens (tertiary/aromatic N) is 4. The maximum absolute atomic E-state index is 11.4. The minimum atomic E-state index is -0.946. The van der Waals surface area contributed by atoms with E-state index in [1.165, 1.54) is 0 Å². The third-order valence-electron chi connectivity index (χ3n) is 26.8. The Balaban J connectivity index is 0.893. The Labute approximate surface area is 788 Å². The molecule has 25 rings (SSSR count). The number of hydrogen-bond donors (Lipinski definition) is 0. The Morgan fingerprint density at radius 3 is 1.01 bits per heavy atom. The van der Waals surface area contributed by atoms with Crippen LogP contribution in [0.5, 0.6) is 0 Å². The van der Waals surface area contributed by atoms with Gasteiger partial charge in [-0.2, -0.15) is 0 Å². The van der Waals surface area contributed by atoms with E-state index in [0.717, 1.165) is 104 Å². The second-order valence-electron chi connectivity index (χ2n) is 36.5. The quantitative estimate of drug-likeness (QED) is 0.0895. The summed E-state index contributed by atoms with van der Waals surface area (Å²) in [6.45, 7) is 12.1. The van der Waals surface area contributed by atoms with E-state index in [4.69, 9.17) is 0 Å². The molecule has 0 saturated carbocycles. The predicted octanol–water partition coefficient (Wildman–Crippen LogP) is 32.5. The van der Waals surface area contributed by atoms with Gasteiger partial charge < -0.3 is 18.9 Å². The van der Waals surface area contributed by atoms with E-state index in [-0.39, 0.29) is 126 Å². The number of fused-ring (bicyclic) bond motifs is 16. The zero-order chi connectivity index (χ0) is 102. The van der Waals surface area contributed by atoms with E-state index < -0.39 is 65.9 Å². The van der Waals surface area contributed by atoms with Crippen molar-refractivity contribution in [3.05, 3.63) is 454 Å². The lowest BCUT2D eigenvalue weighted by atomic mass is 9.33. The van der Waals surface area contributed by atoms with Gasteiger partial charge in [0.25, 0.3) is 6.71 Å². The first-order chi connectivity index (χ1) is 71.4. The molecule has 21 aromatic carbocycles. The molecule has 131 heavy (non-hydrogen) atoms. The maximum atomic E-state index is 11.4. The molecule has 0 spiro atoms. The molecule has 0 radical (unpaired) electrons. The second-order valence-corrected chi connectivity index (χ2v) is 36.5. The van der Waals surface area contributed by atoms with Gasteiger partial charge >= 0.3 is 0 Å². The van der Waals surface area contributed by atoms with Gasteiger partial charge in [0.05, 0.1) is 56.7 Å². The van der Waals surface area contributed by atoms with Crippen molar-refractivity contribution in [3.8, 4) is 100 Å². The molecule has 0 fully saturated rings. The van der Waals surface area contributed by atoms with Crippen molar-refractivity contribution in [2.45, 2.75) is 52.4 Å². The molecule has 2 aliphatic heterocycles. The van der Waals surface area contributed by atoms with Crippen molar-refractivity contribution in [1.82, 2.24) is 9.13 Å². The first-order valence-electron chi connectivity index (χ1n) is 53.1. The highest BCUT2D eigenvalue weighted by atomic mass is 15.2. The molecule has 2 aliphatic rings. The normalized spacial score (nSPS) is 14.4. The van der Waals surface area contributed by atoms with Crippen LogP contribution in [0.15, 0.2) is 442 Å². The molecule has 5 heteroatoms.